The van der Waals surface area contributed by atoms with Crippen LogP contribution in [0.3, 0.4) is 0 Å². The maximum absolute atomic E-state index is 13.1. The first-order chi connectivity index (χ1) is 11.2. The lowest BCUT2D eigenvalue weighted by Crippen LogP contribution is -2.10. The van der Waals surface area contributed by atoms with Gasteiger partial charge in [-0.25, -0.2) is 4.98 Å². The minimum absolute atomic E-state index is 0.0520. The van der Waals surface area contributed by atoms with Gasteiger partial charge in [0.05, 0.1) is 22.9 Å². The number of aromatic amines is 1. The second-order valence-corrected chi connectivity index (χ2v) is 5.40. The molecule has 1 aromatic carbocycles. The fourth-order valence-corrected chi connectivity index (χ4v) is 2.75. The molecule has 0 aliphatic heterocycles. The first-order valence-corrected chi connectivity index (χ1v) is 7.37. The molecular formula is C19H14N2O2. The van der Waals surface area contributed by atoms with Crippen molar-refractivity contribution < 1.29 is 4.42 Å². The third kappa shape index (κ3) is 2.25. The van der Waals surface area contributed by atoms with Gasteiger partial charge in [0.15, 0.2) is 11.2 Å². The van der Waals surface area contributed by atoms with Crippen molar-refractivity contribution in [2.24, 2.45) is 0 Å². The van der Waals surface area contributed by atoms with Crippen molar-refractivity contribution in [1.82, 2.24) is 9.97 Å². The van der Waals surface area contributed by atoms with Crippen LogP contribution in [0.25, 0.3) is 33.6 Å². The molecule has 0 aliphatic rings. The van der Waals surface area contributed by atoms with Crippen LogP contribution in [0.5, 0.6) is 0 Å². The lowest BCUT2D eigenvalue weighted by atomic mass is 10.0. The van der Waals surface area contributed by atoms with Gasteiger partial charge in [-0.2, -0.15) is 0 Å². The minimum atomic E-state index is -0.0520. The number of benzene rings is 1. The van der Waals surface area contributed by atoms with Crippen molar-refractivity contribution in [3.05, 3.63) is 76.8 Å². The molecule has 4 heteroatoms. The summed E-state index contributed by atoms with van der Waals surface area (Å²) in [6.07, 6.45) is 1.59. The molecular weight excluding hydrogens is 288 g/mol. The van der Waals surface area contributed by atoms with Gasteiger partial charge in [0.25, 0.3) is 0 Å². The number of hydrogen-bond acceptors (Lipinski definition) is 3. The average molecular weight is 302 g/mol. The number of rotatable bonds is 2. The summed E-state index contributed by atoms with van der Waals surface area (Å²) in [4.78, 5) is 20.8. The zero-order chi connectivity index (χ0) is 15.8. The van der Waals surface area contributed by atoms with Crippen molar-refractivity contribution in [2.45, 2.75) is 6.92 Å². The van der Waals surface area contributed by atoms with Gasteiger partial charge in [-0.15, -0.1) is 0 Å². The highest BCUT2D eigenvalue weighted by Crippen LogP contribution is 2.29. The average Bonchev–Trinajstić information content (AvgIpc) is 3.09. The van der Waals surface area contributed by atoms with Crippen LogP contribution in [-0.4, -0.2) is 9.97 Å². The van der Waals surface area contributed by atoms with Crippen molar-refractivity contribution in [2.75, 3.05) is 0 Å². The molecule has 0 unspecified atom stereocenters. The Labute approximate surface area is 132 Å². The number of hydrogen-bond donors (Lipinski definition) is 1. The highest BCUT2D eigenvalue weighted by atomic mass is 16.3. The Morgan fingerprint density at radius 2 is 1.83 bits per heavy atom. The van der Waals surface area contributed by atoms with E-state index >= 15 is 0 Å². The first-order valence-electron chi connectivity index (χ1n) is 7.37. The predicted octanol–water partition coefficient (Wildman–Crippen LogP) is 4.16. The molecule has 0 aliphatic carbocycles. The summed E-state index contributed by atoms with van der Waals surface area (Å²) in [7, 11) is 0. The first kappa shape index (κ1) is 13.5. The van der Waals surface area contributed by atoms with Crippen molar-refractivity contribution >= 4 is 11.0 Å². The monoisotopic (exact) mass is 302 g/mol. The van der Waals surface area contributed by atoms with Crippen LogP contribution < -0.4 is 5.43 Å². The molecule has 3 heterocycles. The molecule has 23 heavy (non-hydrogen) atoms. The third-order valence-corrected chi connectivity index (χ3v) is 3.83. The Bertz CT molecular complexity index is 1030. The Hall–Kier alpha value is -3.14. The van der Waals surface area contributed by atoms with Gasteiger partial charge in [-0.3, -0.25) is 4.79 Å². The number of fused-ring (bicyclic) bond motifs is 1. The van der Waals surface area contributed by atoms with E-state index in [1.165, 1.54) is 0 Å². The predicted molar refractivity (Wildman–Crippen MR) is 90.2 cm³/mol. The van der Waals surface area contributed by atoms with E-state index in [-0.39, 0.29) is 5.43 Å². The number of pyridine rings is 2. The van der Waals surface area contributed by atoms with Gasteiger partial charge in [-0.05, 0) is 36.8 Å². The van der Waals surface area contributed by atoms with Gasteiger partial charge in [0.1, 0.15) is 5.65 Å². The van der Waals surface area contributed by atoms with Crippen LogP contribution in [0.4, 0.5) is 0 Å². The molecule has 0 bridgehead atoms. The maximum Gasteiger partial charge on any atom is 0.199 e. The summed E-state index contributed by atoms with van der Waals surface area (Å²) < 4.78 is 5.52. The molecule has 4 nitrogen and oxygen atoms in total. The van der Waals surface area contributed by atoms with E-state index in [2.05, 4.69) is 9.97 Å². The van der Waals surface area contributed by atoms with Gasteiger partial charge < -0.3 is 9.40 Å². The Morgan fingerprint density at radius 1 is 1.00 bits per heavy atom. The molecule has 0 amide bonds. The maximum atomic E-state index is 13.1. The topological polar surface area (TPSA) is 58.9 Å². The molecule has 0 atom stereocenters. The number of H-pyrrole nitrogens is 1. The van der Waals surface area contributed by atoms with E-state index in [0.717, 1.165) is 11.3 Å². The normalized spacial score (nSPS) is 11.0. The minimum Gasteiger partial charge on any atom is -0.463 e. The standard InChI is InChI=1S/C19H14N2O2/c1-12-9-10-14-18(22)16(13-6-3-2-4-7-13)17(21-19(14)20-12)15-8-5-11-23-15/h2-11H,1H3,(H,20,21,22). The molecule has 0 fully saturated rings. The van der Waals surface area contributed by atoms with E-state index in [9.17, 15) is 4.79 Å². The van der Waals surface area contributed by atoms with Crippen molar-refractivity contribution in [1.29, 1.82) is 0 Å². The quantitative estimate of drug-likeness (QED) is 0.605. The smallest absolute Gasteiger partial charge is 0.199 e. The lowest BCUT2D eigenvalue weighted by Gasteiger charge is -2.10. The second kappa shape index (κ2) is 5.25. The number of nitrogens with zero attached hydrogens (tertiary/aromatic N) is 1. The Morgan fingerprint density at radius 3 is 2.57 bits per heavy atom. The number of aromatic nitrogens is 2. The summed E-state index contributed by atoms with van der Waals surface area (Å²) in [5, 5.41) is 0.574. The number of nitrogens with one attached hydrogen (secondary N) is 1. The zero-order valence-corrected chi connectivity index (χ0v) is 12.5. The van der Waals surface area contributed by atoms with Crippen molar-refractivity contribution in [3.8, 4) is 22.6 Å². The van der Waals surface area contributed by atoms with Crippen LogP contribution in [-0.2, 0) is 0 Å². The van der Waals surface area contributed by atoms with Crippen LogP contribution in [0, 0.1) is 6.92 Å². The molecule has 0 saturated carbocycles. The van der Waals surface area contributed by atoms with Gasteiger partial charge in [0.2, 0.25) is 0 Å². The summed E-state index contributed by atoms with van der Waals surface area (Å²) >= 11 is 0. The van der Waals surface area contributed by atoms with Gasteiger partial charge in [-0.1, -0.05) is 30.3 Å². The zero-order valence-electron chi connectivity index (χ0n) is 12.5. The molecule has 4 aromatic rings. The largest absolute Gasteiger partial charge is 0.463 e. The molecule has 0 spiro atoms. The molecule has 0 saturated heterocycles. The van der Waals surface area contributed by atoms with Crippen LogP contribution in [0.15, 0.2) is 70.1 Å². The fourth-order valence-electron chi connectivity index (χ4n) is 2.75. The Kier molecular flexibility index (Phi) is 3.08. The SMILES string of the molecule is Cc1ccc2c(=O)c(-c3ccccc3)c(-c3ccco3)[nH]c2n1. The van der Waals surface area contributed by atoms with Crippen LogP contribution >= 0.6 is 0 Å². The number of furan rings is 1. The lowest BCUT2D eigenvalue weighted by molar-refractivity contribution is 0.580. The summed E-state index contributed by atoms with van der Waals surface area (Å²) in [6, 6.07) is 16.9. The van der Waals surface area contributed by atoms with E-state index in [0.29, 0.717) is 28.1 Å². The molecule has 0 radical (unpaired) electrons. The van der Waals surface area contributed by atoms with E-state index < -0.39 is 0 Å². The highest BCUT2D eigenvalue weighted by Gasteiger charge is 2.17. The molecule has 3 aromatic heterocycles. The number of aryl methyl sites for hydroxylation is 1. The third-order valence-electron chi connectivity index (χ3n) is 3.83. The van der Waals surface area contributed by atoms with E-state index in [1.807, 2.05) is 55.5 Å². The van der Waals surface area contributed by atoms with Crippen molar-refractivity contribution in [3.63, 3.8) is 0 Å². The summed E-state index contributed by atoms with van der Waals surface area (Å²) in [5.74, 6) is 0.617. The highest BCUT2D eigenvalue weighted by molar-refractivity contribution is 5.88. The Balaban J connectivity index is 2.14. The van der Waals surface area contributed by atoms with Gasteiger partial charge >= 0.3 is 0 Å². The summed E-state index contributed by atoms with van der Waals surface area (Å²) in [5.41, 5.74) is 3.47. The van der Waals surface area contributed by atoms with E-state index in [1.54, 1.807) is 12.3 Å². The second-order valence-electron chi connectivity index (χ2n) is 5.40. The van der Waals surface area contributed by atoms with Crippen LogP contribution in [0.1, 0.15) is 5.69 Å². The fraction of sp³-hybridized carbons (Fsp3) is 0.0526. The van der Waals surface area contributed by atoms with E-state index in [4.69, 9.17) is 4.42 Å². The van der Waals surface area contributed by atoms with Crippen LogP contribution in [0.2, 0.25) is 0 Å². The molecule has 4 rings (SSSR count). The molecule has 112 valence electrons. The van der Waals surface area contributed by atoms with Gasteiger partial charge in [0, 0.05) is 5.69 Å². The molecule has 1 N–H and O–H groups in total. The summed E-state index contributed by atoms with van der Waals surface area (Å²) in [6.45, 7) is 1.90.